The van der Waals surface area contributed by atoms with Gasteiger partial charge in [-0.25, -0.2) is 0 Å². The molecule has 0 aromatic carbocycles. The van der Waals surface area contributed by atoms with Crippen LogP contribution < -0.4 is 5.32 Å². The second kappa shape index (κ2) is 5.36. The lowest BCUT2D eigenvalue weighted by atomic mass is 9.86. The normalized spacial score (nSPS) is 24.6. The van der Waals surface area contributed by atoms with Crippen molar-refractivity contribution in [3.63, 3.8) is 0 Å². The molecule has 4 nitrogen and oxygen atoms in total. The van der Waals surface area contributed by atoms with Gasteiger partial charge in [-0.1, -0.05) is 12.8 Å². The molecule has 1 fully saturated rings. The number of aryl methyl sites for hydroxylation is 1. The summed E-state index contributed by atoms with van der Waals surface area (Å²) in [6.45, 7) is 2.35. The highest BCUT2D eigenvalue weighted by Gasteiger charge is 2.23. The van der Waals surface area contributed by atoms with E-state index in [1.165, 1.54) is 6.26 Å². The molecule has 0 bridgehead atoms. The van der Waals surface area contributed by atoms with Crippen molar-refractivity contribution in [3.8, 4) is 0 Å². The van der Waals surface area contributed by atoms with E-state index in [1.54, 1.807) is 6.07 Å². The van der Waals surface area contributed by atoms with Gasteiger partial charge in [0, 0.05) is 12.5 Å². The molecule has 1 aliphatic carbocycles. The van der Waals surface area contributed by atoms with Crippen LogP contribution in [-0.2, 0) is 0 Å². The molecular weight excluding hydrogens is 218 g/mol. The van der Waals surface area contributed by atoms with Crippen LogP contribution in [0.5, 0.6) is 0 Å². The maximum Gasteiger partial charge on any atom is 0.254 e. The second-order valence-electron chi connectivity index (χ2n) is 4.77. The van der Waals surface area contributed by atoms with Crippen molar-refractivity contribution >= 4 is 5.91 Å². The fourth-order valence-electron chi connectivity index (χ4n) is 2.31. The number of aliphatic hydroxyl groups excluding tert-OH is 1. The minimum absolute atomic E-state index is 0.125. The van der Waals surface area contributed by atoms with Gasteiger partial charge in [0.1, 0.15) is 12.0 Å². The second-order valence-corrected chi connectivity index (χ2v) is 4.77. The van der Waals surface area contributed by atoms with E-state index in [4.69, 9.17) is 4.42 Å². The third-order valence-corrected chi connectivity index (χ3v) is 3.39. The summed E-state index contributed by atoms with van der Waals surface area (Å²) in [6.07, 6.45) is 5.27. The van der Waals surface area contributed by atoms with Crippen LogP contribution in [-0.4, -0.2) is 23.7 Å². The van der Waals surface area contributed by atoms with Gasteiger partial charge >= 0.3 is 0 Å². The summed E-state index contributed by atoms with van der Waals surface area (Å²) in [7, 11) is 0. The number of aliphatic hydroxyl groups is 1. The smallest absolute Gasteiger partial charge is 0.254 e. The molecule has 4 heteroatoms. The highest BCUT2D eigenvalue weighted by molar-refractivity contribution is 5.93. The van der Waals surface area contributed by atoms with Gasteiger partial charge < -0.3 is 14.8 Å². The zero-order valence-corrected chi connectivity index (χ0v) is 10.1. The van der Waals surface area contributed by atoms with E-state index >= 15 is 0 Å². The van der Waals surface area contributed by atoms with Gasteiger partial charge in [-0.05, 0) is 25.8 Å². The topological polar surface area (TPSA) is 62.5 Å². The van der Waals surface area contributed by atoms with Crippen LogP contribution in [0.15, 0.2) is 16.7 Å². The molecule has 1 aliphatic rings. The molecule has 0 aliphatic heterocycles. The van der Waals surface area contributed by atoms with Crippen molar-refractivity contribution < 1.29 is 14.3 Å². The van der Waals surface area contributed by atoms with Crippen molar-refractivity contribution in [2.45, 2.75) is 38.7 Å². The van der Waals surface area contributed by atoms with Crippen LogP contribution in [0.3, 0.4) is 0 Å². The Bertz CT molecular complexity index is 386. The molecule has 1 aromatic heterocycles. The van der Waals surface area contributed by atoms with Crippen molar-refractivity contribution in [1.29, 1.82) is 0 Å². The Kier molecular flexibility index (Phi) is 3.84. The first-order chi connectivity index (χ1) is 8.16. The van der Waals surface area contributed by atoms with E-state index in [-0.39, 0.29) is 17.9 Å². The van der Waals surface area contributed by atoms with Gasteiger partial charge in [-0.2, -0.15) is 0 Å². The van der Waals surface area contributed by atoms with Crippen molar-refractivity contribution in [1.82, 2.24) is 5.32 Å². The largest absolute Gasteiger partial charge is 0.469 e. The van der Waals surface area contributed by atoms with E-state index in [9.17, 15) is 9.90 Å². The fourth-order valence-corrected chi connectivity index (χ4v) is 2.31. The summed E-state index contributed by atoms with van der Waals surface area (Å²) < 4.78 is 5.09. The Labute approximate surface area is 101 Å². The van der Waals surface area contributed by atoms with Crippen LogP contribution in [0.25, 0.3) is 0 Å². The number of rotatable bonds is 3. The van der Waals surface area contributed by atoms with Crippen LogP contribution in [0.1, 0.15) is 41.8 Å². The summed E-state index contributed by atoms with van der Waals surface area (Å²) in [5, 5.41) is 12.6. The van der Waals surface area contributed by atoms with E-state index < -0.39 is 0 Å². The molecule has 1 amide bonds. The van der Waals surface area contributed by atoms with Crippen LogP contribution >= 0.6 is 0 Å². The number of carbonyl (C=O) groups excluding carboxylic acids is 1. The molecule has 2 rings (SSSR count). The number of carbonyl (C=O) groups is 1. The molecular formula is C13H19NO3. The average molecular weight is 237 g/mol. The quantitative estimate of drug-likeness (QED) is 0.843. The molecule has 17 heavy (non-hydrogen) atoms. The highest BCUT2D eigenvalue weighted by atomic mass is 16.3. The number of hydrogen-bond acceptors (Lipinski definition) is 3. The monoisotopic (exact) mass is 237 g/mol. The van der Waals surface area contributed by atoms with Gasteiger partial charge in [0.15, 0.2) is 0 Å². The predicted octanol–water partition coefficient (Wildman–Crippen LogP) is 1.87. The standard InChI is InChI=1S/C13H19NO3/c1-9-6-11(8-17-9)13(16)14-7-10-4-2-3-5-12(10)15/h6,8,10,12,15H,2-5,7H2,1H3,(H,14,16). The molecule has 1 aromatic rings. The van der Waals surface area contributed by atoms with E-state index in [2.05, 4.69) is 5.32 Å². The van der Waals surface area contributed by atoms with Crippen LogP contribution in [0.4, 0.5) is 0 Å². The summed E-state index contributed by atoms with van der Waals surface area (Å²) in [4.78, 5) is 11.8. The molecule has 2 atom stereocenters. The van der Waals surface area contributed by atoms with Crippen molar-refractivity contribution in [2.24, 2.45) is 5.92 Å². The number of amides is 1. The molecule has 0 saturated heterocycles. The third kappa shape index (κ3) is 3.09. The lowest BCUT2D eigenvalue weighted by molar-refractivity contribution is 0.0663. The molecule has 2 unspecified atom stereocenters. The first-order valence-corrected chi connectivity index (χ1v) is 6.18. The maximum atomic E-state index is 11.8. The lowest BCUT2D eigenvalue weighted by Gasteiger charge is -2.27. The average Bonchev–Trinajstić information content (AvgIpc) is 2.74. The maximum absolute atomic E-state index is 11.8. The van der Waals surface area contributed by atoms with E-state index in [0.29, 0.717) is 12.1 Å². The van der Waals surface area contributed by atoms with Gasteiger partial charge in [0.25, 0.3) is 5.91 Å². The van der Waals surface area contributed by atoms with Gasteiger partial charge in [0.2, 0.25) is 0 Å². The molecule has 1 saturated carbocycles. The number of hydrogen-bond donors (Lipinski definition) is 2. The Morgan fingerprint density at radius 1 is 1.53 bits per heavy atom. The van der Waals surface area contributed by atoms with Crippen molar-refractivity contribution in [3.05, 3.63) is 23.7 Å². The fraction of sp³-hybridized carbons (Fsp3) is 0.615. The number of nitrogens with one attached hydrogen (secondary N) is 1. The Hall–Kier alpha value is -1.29. The van der Waals surface area contributed by atoms with Gasteiger partial charge in [0.05, 0.1) is 11.7 Å². The molecule has 94 valence electrons. The minimum Gasteiger partial charge on any atom is -0.469 e. The zero-order chi connectivity index (χ0) is 12.3. The Morgan fingerprint density at radius 2 is 2.29 bits per heavy atom. The van der Waals surface area contributed by atoms with Crippen LogP contribution in [0, 0.1) is 12.8 Å². The summed E-state index contributed by atoms with van der Waals surface area (Å²) in [5.41, 5.74) is 0.549. The molecule has 2 N–H and O–H groups in total. The van der Waals surface area contributed by atoms with Gasteiger partial charge in [-0.3, -0.25) is 4.79 Å². The molecule has 1 heterocycles. The molecule has 0 radical (unpaired) electrons. The summed E-state index contributed by atoms with van der Waals surface area (Å²) >= 11 is 0. The van der Waals surface area contributed by atoms with Crippen molar-refractivity contribution in [2.75, 3.05) is 6.54 Å². The first-order valence-electron chi connectivity index (χ1n) is 6.18. The Morgan fingerprint density at radius 3 is 2.94 bits per heavy atom. The summed E-state index contributed by atoms with van der Waals surface area (Å²) in [5.74, 6) is 0.799. The summed E-state index contributed by atoms with van der Waals surface area (Å²) in [6, 6.07) is 1.71. The zero-order valence-electron chi connectivity index (χ0n) is 10.1. The minimum atomic E-state index is -0.268. The highest BCUT2D eigenvalue weighted by Crippen LogP contribution is 2.23. The lowest BCUT2D eigenvalue weighted by Crippen LogP contribution is -2.36. The van der Waals surface area contributed by atoms with E-state index in [0.717, 1.165) is 31.4 Å². The Balaban J connectivity index is 1.83. The SMILES string of the molecule is Cc1cc(C(=O)NCC2CCCCC2O)co1. The number of furan rings is 1. The first kappa shape index (κ1) is 12.2. The third-order valence-electron chi connectivity index (χ3n) is 3.39. The van der Waals surface area contributed by atoms with Gasteiger partial charge in [-0.15, -0.1) is 0 Å². The molecule has 0 spiro atoms. The predicted molar refractivity (Wildman–Crippen MR) is 63.7 cm³/mol. The van der Waals surface area contributed by atoms with Crippen LogP contribution in [0.2, 0.25) is 0 Å². The van der Waals surface area contributed by atoms with E-state index in [1.807, 2.05) is 6.92 Å².